The fourth-order valence-electron chi connectivity index (χ4n) is 4.40. The molecule has 2 N–H and O–H groups in total. The van der Waals surface area contributed by atoms with Gasteiger partial charge in [-0.15, -0.1) is 0 Å². The molecule has 174 valence electrons. The lowest BCUT2D eigenvalue weighted by Crippen LogP contribution is -2.40. The molecule has 0 saturated carbocycles. The smallest absolute Gasteiger partial charge is 0.220 e. The second-order valence-corrected chi connectivity index (χ2v) is 8.44. The van der Waals surface area contributed by atoms with Gasteiger partial charge in [0.05, 0.1) is 19.9 Å². The fraction of sp³-hybridized carbons (Fsp3) is 0.385. The van der Waals surface area contributed by atoms with Crippen LogP contribution in [0.1, 0.15) is 24.1 Å². The van der Waals surface area contributed by atoms with E-state index in [0.717, 1.165) is 48.5 Å². The molecule has 1 aliphatic rings. The van der Waals surface area contributed by atoms with E-state index in [9.17, 15) is 4.79 Å². The van der Waals surface area contributed by atoms with Crippen LogP contribution in [0.4, 0.5) is 0 Å². The minimum absolute atomic E-state index is 0.0619. The molecule has 1 saturated heterocycles. The first kappa shape index (κ1) is 22.9. The van der Waals surface area contributed by atoms with Gasteiger partial charge >= 0.3 is 0 Å². The molecule has 2 heterocycles. The lowest BCUT2D eigenvalue weighted by molar-refractivity contribution is -0.122. The molecule has 1 fully saturated rings. The summed E-state index contributed by atoms with van der Waals surface area (Å²) in [6.45, 7) is 2.26. The van der Waals surface area contributed by atoms with Gasteiger partial charge in [-0.1, -0.05) is 41.6 Å². The second-order valence-electron chi connectivity index (χ2n) is 8.44. The van der Waals surface area contributed by atoms with Gasteiger partial charge in [-0.2, -0.15) is 0 Å². The van der Waals surface area contributed by atoms with E-state index < -0.39 is 0 Å². The Morgan fingerprint density at radius 2 is 1.91 bits per heavy atom. The molecule has 3 aromatic rings. The number of nitrogens with one attached hydrogen (secondary N) is 2. The molecule has 1 aromatic heterocycles. The predicted molar refractivity (Wildman–Crippen MR) is 126 cm³/mol. The van der Waals surface area contributed by atoms with Crippen molar-refractivity contribution < 1.29 is 18.8 Å². The molecule has 0 aliphatic carbocycles. The lowest BCUT2D eigenvalue weighted by Gasteiger charge is -2.31. The van der Waals surface area contributed by atoms with Crippen LogP contribution in [0.3, 0.4) is 0 Å². The van der Waals surface area contributed by atoms with Crippen LogP contribution in [0, 0.1) is 11.8 Å². The number of methoxy groups -OCH3 is 2. The van der Waals surface area contributed by atoms with Crippen molar-refractivity contribution in [1.82, 2.24) is 15.8 Å². The Hall–Kier alpha value is -3.32. The lowest BCUT2D eigenvalue weighted by atomic mass is 9.81. The maximum Gasteiger partial charge on any atom is 0.220 e. The molecule has 2 aromatic carbocycles. The van der Waals surface area contributed by atoms with E-state index in [2.05, 4.69) is 15.8 Å². The first-order chi connectivity index (χ1) is 16.2. The van der Waals surface area contributed by atoms with Gasteiger partial charge < -0.3 is 24.6 Å². The second kappa shape index (κ2) is 11.0. The summed E-state index contributed by atoms with van der Waals surface area (Å²) < 4.78 is 16.2. The zero-order chi connectivity index (χ0) is 23.0. The average molecular weight is 450 g/mol. The summed E-state index contributed by atoms with van der Waals surface area (Å²) in [6.07, 6.45) is 2.26. The number of carbonyl (C=O) groups is 1. The van der Waals surface area contributed by atoms with E-state index in [1.165, 1.54) is 0 Å². The molecule has 0 radical (unpaired) electrons. The largest absolute Gasteiger partial charge is 0.493 e. The first-order valence-electron chi connectivity index (χ1n) is 11.4. The van der Waals surface area contributed by atoms with Crippen molar-refractivity contribution in [1.29, 1.82) is 0 Å². The first-order valence-corrected chi connectivity index (χ1v) is 11.4. The summed E-state index contributed by atoms with van der Waals surface area (Å²) in [6, 6.07) is 17.7. The van der Waals surface area contributed by atoms with E-state index in [1.54, 1.807) is 14.2 Å². The number of hydrogen-bond acceptors (Lipinski definition) is 6. The Kier molecular flexibility index (Phi) is 7.62. The van der Waals surface area contributed by atoms with Crippen molar-refractivity contribution in [3.8, 4) is 22.8 Å². The van der Waals surface area contributed by atoms with Crippen LogP contribution in [0.2, 0.25) is 0 Å². The molecule has 33 heavy (non-hydrogen) atoms. The van der Waals surface area contributed by atoms with Crippen LogP contribution >= 0.6 is 0 Å². The number of carbonyl (C=O) groups excluding carboxylic acids is 1. The fourth-order valence-corrected chi connectivity index (χ4v) is 4.40. The number of piperidine rings is 1. The maximum atomic E-state index is 12.7. The molecular formula is C26H31N3O4. The third-order valence-corrected chi connectivity index (χ3v) is 6.24. The number of hydrogen-bond donors (Lipinski definition) is 2. The zero-order valence-corrected chi connectivity index (χ0v) is 19.2. The van der Waals surface area contributed by atoms with Gasteiger partial charge in [0.25, 0.3) is 0 Å². The maximum absolute atomic E-state index is 12.7. The van der Waals surface area contributed by atoms with Gasteiger partial charge in [-0.05, 0) is 55.5 Å². The highest BCUT2D eigenvalue weighted by Crippen LogP contribution is 2.29. The standard InChI is InChI=1S/C26H31N3O4/c1-31-23-9-8-18(12-25(23)32-2)16-28-26(30)14-20-10-11-27-17-21(20)13-22-15-24(33-29-22)19-6-4-3-5-7-19/h3-9,12,15,20-21,27H,10-11,13-14,16-17H2,1-2H3,(H,28,30). The number of aromatic nitrogens is 1. The molecule has 7 nitrogen and oxygen atoms in total. The van der Waals surface area contributed by atoms with E-state index >= 15 is 0 Å². The zero-order valence-electron chi connectivity index (χ0n) is 19.2. The monoisotopic (exact) mass is 449 g/mol. The summed E-state index contributed by atoms with van der Waals surface area (Å²) in [5.41, 5.74) is 2.92. The third kappa shape index (κ3) is 5.93. The van der Waals surface area contributed by atoms with Crippen molar-refractivity contribution in [2.24, 2.45) is 11.8 Å². The highest BCUT2D eigenvalue weighted by Gasteiger charge is 2.28. The molecule has 0 spiro atoms. The van der Waals surface area contributed by atoms with Gasteiger partial charge in [0.1, 0.15) is 0 Å². The number of ether oxygens (including phenoxy) is 2. The normalized spacial score (nSPS) is 18.0. The van der Waals surface area contributed by atoms with Crippen molar-refractivity contribution in [2.45, 2.75) is 25.8 Å². The summed E-state index contributed by atoms with van der Waals surface area (Å²) in [5.74, 6) is 2.80. The average Bonchev–Trinajstić information content (AvgIpc) is 3.33. The Bertz CT molecular complexity index is 1050. The molecule has 2 unspecified atom stereocenters. The highest BCUT2D eigenvalue weighted by molar-refractivity contribution is 5.76. The Labute approximate surface area is 194 Å². The minimum atomic E-state index is 0.0619. The van der Waals surface area contributed by atoms with E-state index in [4.69, 9.17) is 14.0 Å². The van der Waals surface area contributed by atoms with Crippen molar-refractivity contribution >= 4 is 5.91 Å². The van der Waals surface area contributed by atoms with Gasteiger partial charge in [0.15, 0.2) is 17.3 Å². The van der Waals surface area contributed by atoms with Crippen molar-refractivity contribution in [2.75, 3.05) is 27.3 Å². The van der Waals surface area contributed by atoms with E-state index in [-0.39, 0.29) is 5.91 Å². The van der Waals surface area contributed by atoms with Gasteiger partial charge in [-0.25, -0.2) is 0 Å². The summed E-state index contributed by atoms with van der Waals surface area (Å²) in [5, 5.41) is 10.8. The number of rotatable bonds is 9. The molecule has 1 aliphatic heterocycles. The van der Waals surface area contributed by atoms with Crippen LogP contribution < -0.4 is 20.1 Å². The Balaban J connectivity index is 1.33. The van der Waals surface area contributed by atoms with Crippen LogP contribution in [-0.4, -0.2) is 38.4 Å². The molecule has 4 rings (SSSR count). The molecule has 1 amide bonds. The number of benzene rings is 2. The molecule has 0 bridgehead atoms. The minimum Gasteiger partial charge on any atom is -0.493 e. The molecular weight excluding hydrogens is 418 g/mol. The summed E-state index contributed by atoms with van der Waals surface area (Å²) in [7, 11) is 3.21. The molecule has 7 heteroatoms. The van der Waals surface area contributed by atoms with E-state index in [0.29, 0.717) is 36.3 Å². The summed E-state index contributed by atoms with van der Waals surface area (Å²) >= 11 is 0. The molecule has 2 atom stereocenters. The quantitative estimate of drug-likeness (QED) is 0.516. The van der Waals surface area contributed by atoms with Crippen LogP contribution in [0.15, 0.2) is 59.1 Å². The predicted octanol–water partition coefficient (Wildman–Crippen LogP) is 3.83. The third-order valence-electron chi connectivity index (χ3n) is 6.24. The van der Waals surface area contributed by atoms with E-state index in [1.807, 2.05) is 54.6 Å². The SMILES string of the molecule is COc1ccc(CNC(=O)CC2CCNCC2Cc2cc(-c3ccccc3)on2)cc1OC. The van der Waals surface area contributed by atoms with Gasteiger partial charge in [0.2, 0.25) is 5.91 Å². The number of nitrogens with zero attached hydrogens (tertiary/aromatic N) is 1. The van der Waals surface area contributed by atoms with Crippen LogP contribution in [-0.2, 0) is 17.8 Å². The Morgan fingerprint density at radius 3 is 2.70 bits per heavy atom. The van der Waals surface area contributed by atoms with Crippen LogP contribution in [0.25, 0.3) is 11.3 Å². The van der Waals surface area contributed by atoms with Crippen LogP contribution in [0.5, 0.6) is 11.5 Å². The van der Waals surface area contributed by atoms with Gasteiger partial charge in [0, 0.05) is 24.6 Å². The summed E-state index contributed by atoms with van der Waals surface area (Å²) in [4.78, 5) is 12.7. The number of amides is 1. The highest BCUT2D eigenvalue weighted by atomic mass is 16.5. The van der Waals surface area contributed by atoms with Gasteiger partial charge in [-0.3, -0.25) is 4.79 Å². The van der Waals surface area contributed by atoms with Crippen molar-refractivity contribution in [3.63, 3.8) is 0 Å². The topological polar surface area (TPSA) is 85.6 Å². The van der Waals surface area contributed by atoms with Crippen molar-refractivity contribution in [3.05, 3.63) is 65.9 Å². The Morgan fingerprint density at radius 1 is 1.09 bits per heavy atom.